The van der Waals surface area contributed by atoms with Crippen molar-refractivity contribution in [1.82, 2.24) is 0 Å². The Labute approximate surface area is 115 Å². The van der Waals surface area contributed by atoms with E-state index in [1.807, 2.05) is 6.92 Å². The van der Waals surface area contributed by atoms with E-state index >= 15 is 0 Å². The number of amides is 1. The molecule has 0 spiro atoms. The maximum atomic E-state index is 13.5. The van der Waals surface area contributed by atoms with Crippen molar-refractivity contribution in [3.8, 4) is 0 Å². The molecule has 1 aromatic carbocycles. The number of carbonyl (C=O) groups excluding carboxylic acids is 1. The highest BCUT2D eigenvalue weighted by atomic mass is 19.2. The maximum absolute atomic E-state index is 13.5. The number of nitrogens with one attached hydrogen (secondary N) is 1. The van der Waals surface area contributed by atoms with Gasteiger partial charge in [0, 0.05) is 12.1 Å². The average Bonchev–Trinajstić information content (AvgIpc) is 2.35. The Morgan fingerprint density at radius 2 is 2.10 bits per heavy atom. The summed E-state index contributed by atoms with van der Waals surface area (Å²) in [6, 6.07) is 1.16. The summed E-state index contributed by atoms with van der Waals surface area (Å²) in [7, 11) is 0. The van der Waals surface area contributed by atoms with Crippen LogP contribution in [0.3, 0.4) is 0 Å². The monoisotopic (exact) mass is 286 g/mol. The molecule has 0 aromatic heterocycles. The molecule has 1 amide bonds. The molecular weight excluding hydrogens is 269 g/mol. The summed E-state index contributed by atoms with van der Waals surface area (Å²) in [4.78, 5) is 12.2. The standard InChI is InChI=1S/C14H17F3N2O/c1-8-3-2-4-14(18,7-8)13(20)19-11-6-9(15)5-10(16)12(11)17/h5-6,8H,2-4,7,18H2,1H3,(H,19,20). The van der Waals surface area contributed by atoms with Crippen molar-refractivity contribution in [3.05, 3.63) is 29.6 Å². The molecule has 2 atom stereocenters. The quantitative estimate of drug-likeness (QED) is 0.821. The second-order valence-electron chi connectivity index (χ2n) is 5.56. The summed E-state index contributed by atoms with van der Waals surface area (Å²) in [5.74, 6) is -3.90. The molecule has 6 heteroatoms. The minimum absolute atomic E-state index is 0.286. The van der Waals surface area contributed by atoms with Gasteiger partial charge in [0.1, 0.15) is 5.82 Å². The molecule has 0 radical (unpaired) electrons. The van der Waals surface area contributed by atoms with E-state index in [-0.39, 0.29) is 5.92 Å². The lowest BCUT2D eigenvalue weighted by Crippen LogP contribution is -2.53. The summed E-state index contributed by atoms with van der Waals surface area (Å²) in [6.07, 6.45) is 2.72. The Morgan fingerprint density at radius 3 is 2.75 bits per heavy atom. The Morgan fingerprint density at radius 1 is 1.40 bits per heavy atom. The number of benzene rings is 1. The molecule has 2 rings (SSSR count). The molecule has 0 bridgehead atoms. The molecule has 3 N–H and O–H groups in total. The first-order chi connectivity index (χ1) is 9.32. The van der Waals surface area contributed by atoms with Crippen LogP contribution in [-0.2, 0) is 4.79 Å². The molecule has 0 saturated heterocycles. The van der Waals surface area contributed by atoms with Gasteiger partial charge in [0.2, 0.25) is 5.91 Å². The van der Waals surface area contributed by atoms with Crippen LogP contribution in [0.15, 0.2) is 12.1 Å². The van der Waals surface area contributed by atoms with Gasteiger partial charge in [0.25, 0.3) is 0 Å². The number of hydrogen-bond donors (Lipinski definition) is 2. The Hall–Kier alpha value is -1.56. The van der Waals surface area contributed by atoms with E-state index in [4.69, 9.17) is 5.73 Å². The lowest BCUT2D eigenvalue weighted by atomic mass is 9.76. The minimum atomic E-state index is -1.34. The molecule has 1 fully saturated rings. The van der Waals surface area contributed by atoms with Gasteiger partial charge in [-0.1, -0.05) is 19.8 Å². The van der Waals surface area contributed by atoms with E-state index < -0.39 is 34.6 Å². The molecule has 1 aliphatic carbocycles. The topological polar surface area (TPSA) is 55.1 Å². The van der Waals surface area contributed by atoms with E-state index in [9.17, 15) is 18.0 Å². The SMILES string of the molecule is CC1CCCC(N)(C(=O)Nc2cc(F)cc(F)c2F)C1. The van der Waals surface area contributed by atoms with Gasteiger partial charge in [0.05, 0.1) is 11.2 Å². The first kappa shape index (κ1) is 14.8. The fourth-order valence-electron chi connectivity index (χ4n) is 2.69. The average molecular weight is 286 g/mol. The van der Waals surface area contributed by atoms with Crippen molar-refractivity contribution in [2.75, 3.05) is 5.32 Å². The first-order valence-electron chi connectivity index (χ1n) is 6.57. The van der Waals surface area contributed by atoms with Gasteiger partial charge in [-0.15, -0.1) is 0 Å². The van der Waals surface area contributed by atoms with Gasteiger partial charge >= 0.3 is 0 Å². The van der Waals surface area contributed by atoms with Crippen LogP contribution < -0.4 is 11.1 Å². The zero-order valence-electron chi connectivity index (χ0n) is 11.2. The normalized spacial score (nSPS) is 26.4. The molecule has 110 valence electrons. The maximum Gasteiger partial charge on any atom is 0.244 e. The highest BCUT2D eigenvalue weighted by Crippen LogP contribution is 2.31. The lowest BCUT2D eigenvalue weighted by molar-refractivity contribution is -0.122. The second kappa shape index (κ2) is 5.44. The van der Waals surface area contributed by atoms with Crippen molar-refractivity contribution in [2.24, 2.45) is 11.7 Å². The van der Waals surface area contributed by atoms with Gasteiger partial charge in [-0.2, -0.15) is 0 Å². The third-order valence-electron chi connectivity index (χ3n) is 3.73. The van der Waals surface area contributed by atoms with E-state index in [1.165, 1.54) is 0 Å². The van der Waals surface area contributed by atoms with Crippen LogP contribution in [0.2, 0.25) is 0 Å². The number of hydrogen-bond acceptors (Lipinski definition) is 2. The van der Waals surface area contributed by atoms with Gasteiger partial charge in [-0.3, -0.25) is 4.79 Å². The summed E-state index contributed by atoms with van der Waals surface area (Å²) >= 11 is 0. The lowest BCUT2D eigenvalue weighted by Gasteiger charge is -2.35. The van der Waals surface area contributed by atoms with Crippen molar-refractivity contribution >= 4 is 11.6 Å². The van der Waals surface area contributed by atoms with E-state index in [1.54, 1.807) is 0 Å². The van der Waals surface area contributed by atoms with Gasteiger partial charge < -0.3 is 11.1 Å². The molecule has 2 unspecified atom stereocenters. The molecule has 20 heavy (non-hydrogen) atoms. The highest BCUT2D eigenvalue weighted by Gasteiger charge is 2.38. The van der Waals surface area contributed by atoms with Crippen molar-refractivity contribution in [1.29, 1.82) is 0 Å². The van der Waals surface area contributed by atoms with E-state index in [2.05, 4.69) is 5.32 Å². The number of nitrogens with two attached hydrogens (primary N) is 1. The number of halogens is 3. The zero-order valence-corrected chi connectivity index (χ0v) is 11.2. The van der Waals surface area contributed by atoms with Crippen LogP contribution in [0.25, 0.3) is 0 Å². The predicted molar refractivity (Wildman–Crippen MR) is 69.5 cm³/mol. The second-order valence-corrected chi connectivity index (χ2v) is 5.56. The molecule has 1 aromatic rings. The molecule has 0 heterocycles. The Bertz CT molecular complexity index is 535. The molecule has 3 nitrogen and oxygen atoms in total. The first-order valence-corrected chi connectivity index (χ1v) is 6.57. The zero-order chi connectivity index (χ0) is 14.9. The smallest absolute Gasteiger partial charge is 0.244 e. The van der Waals surface area contributed by atoms with E-state index in [0.717, 1.165) is 18.9 Å². The Balaban J connectivity index is 2.19. The summed E-state index contributed by atoms with van der Waals surface area (Å²) in [6.45, 7) is 1.98. The molecule has 1 saturated carbocycles. The minimum Gasteiger partial charge on any atom is -0.322 e. The number of carbonyl (C=O) groups is 1. The van der Waals surface area contributed by atoms with Crippen LogP contribution in [0.4, 0.5) is 18.9 Å². The third kappa shape index (κ3) is 2.95. The fraction of sp³-hybridized carbons (Fsp3) is 0.500. The summed E-state index contributed by atoms with van der Waals surface area (Å²) < 4.78 is 39.7. The van der Waals surface area contributed by atoms with E-state index in [0.29, 0.717) is 18.9 Å². The number of anilines is 1. The van der Waals surface area contributed by atoms with Crippen LogP contribution in [0.1, 0.15) is 32.6 Å². The summed E-state index contributed by atoms with van der Waals surface area (Å²) in [5, 5.41) is 2.20. The van der Waals surface area contributed by atoms with Crippen molar-refractivity contribution in [2.45, 2.75) is 38.1 Å². The van der Waals surface area contributed by atoms with Crippen LogP contribution in [0, 0.1) is 23.4 Å². The fourth-order valence-corrected chi connectivity index (χ4v) is 2.69. The van der Waals surface area contributed by atoms with Gasteiger partial charge in [0.15, 0.2) is 11.6 Å². The van der Waals surface area contributed by atoms with Gasteiger partial charge in [-0.25, -0.2) is 13.2 Å². The van der Waals surface area contributed by atoms with Crippen LogP contribution in [-0.4, -0.2) is 11.4 Å². The van der Waals surface area contributed by atoms with Crippen molar-refractivity contribution in [3.63, 3.8) is 0 Å². The largest absolute Gasteiger partial charge is 0.322 e. The molecular formula is C14H17F3N2O. The molecule has 0 aliphatic heterocycles. The number of rotatable bonds is 2. The third-order valence-corrected chi connectivity index (χ3v) is 3.73. The van der Waals surface area contributed by atoms with Crippen LogP contribution in [0.5, 0.6) is 0 Å². The summed E-state index contributed by atoms with van der Waals surface area (Å²) in [5.41, 5.74) is 4.41. The predicted octanol–water partition coefficient (Wildman–Crippen LogP) is 2.95. The van der Waals surface area contributed by atoms with Crippen molar-refractivity contribution < 1.29 is 18.0 Å². The molecule has 1 aliphatic rings. The van der Waals surface area contributed by atoms with Gasteiger partial charge in [-0.05, 0) is 18.8 Å². The van der Waals surface area contributed by atoms with Crippen LogP contribution >= 0.6 is 0 Å². The highest BCUT2D eigenvalue weighted by molar-refractivity contribution is 5.98. The Kier molecular flexibility index (Phi) is 4.04.